The van der Waals surface area contributed by atoms with Crippen LogP contribution in [-0.4, -0.2) is 9.13 Å². The first-order chi connectivity index (χ1) is 28.8. The first-order valence-corrected chi connectivity index (χ1v) is 20.0. The molecule has 3 nitrogen and oxygen atoms in total. The molecule has 0 atom stereocenters. The molecule has 58 heavy (non-hydrogen) atoms. The first-order valence-electron chi connectivity index (χ1n) is 20.0. The quantitative estimate of drug-likeness (QED) is 0.176. The summed E-state index contributed by atoms with van der Waals surface area (Å²) in [6.07, 6.45) is 0. The molecule has 0 saturated heterocycles. The summed E-state index contributed by atoms with van der Waals surface area (Å²) in [5.41, 5.74) is 15.2. The van der Waals surface area contributed by atoms with Crippen LogP contribution in [0.5, 0.6) is 0 Å². The van der Waals surface area contributed by atoms with E-state index in [4.69, 9.17) is 4.42 Å². The molecule has 0 amide bonds. The molecule has 0 aliphatic heterocycles. The van der Waals surface area contributed by atoms with E-state index in [0.29, 0.717) is 0 Å². The Hall–Kier alpha value is -7.62. The van der Waals surface area contributed by atoms with E-state index in [2.05, 4.69) is 215 Å². The number of fused-ring (bicyclic) bond motifs is 10. The van der Waals surface area contributed by atoms with Gasteiger partial charge in [-0.05, 0) is 81.9 Å². The lowest BCUT2D eigenvalue weighted by molar-refractivity contribution is 0.675. The zero-order valence-corrected chi connectivity index (χ0v) is 31.4. The van der Waals surface area contributed by atoms with Crippen molar-refractivity contribution in [1.29, 1.82) is 0 Å². The summed E-state index contributed by atoms with van der Waals surface area (Å²) in [5, 5.41) is 6.92. The second-order valence-corrected chi connectivity index (χ2v) is 15.6. The molecule has 3 heteroatoms. The molecule has 1 aliphatic rings. The average molecular weight is 739 g/mol. The van der Waals surface area contributed by atoms with Crippen LogP contribution in [0.25, 0.3) is 88.1 Å². The Balaban J connectivity index is 1.36. The fraction of sp³-hybridized carbons (Fsp3) is 0.0182. The highest BCUT2D eigenvalue weighted by molar-refractivity contribution is 6.33. The molecule has 3 heterocycles. The van der Waals surface area contributed by atoms with Gasteiger partial charge >= 0.3 is 0 Å². The van der Waals surface area contributed by atoms with Crippen molar-refractivity contribution < 1.29 is 4.42 Å². The van der Waals surface area contributed by atoms with Crippen molar-refractivity contribution in [1.82, 2.24) is 9.13 Å². The van der Waals surface area contributed by atoms with Crippen LogP contribution in [0, 0.1) is 0 Å². The van der Waals surface area contributed by atoms with E-state index in [9.17, 15) is 0 Å². The third-order valence-electron chi connectivity index (χ3n) is 12.8. The highest BCUT2D eigenvalue weighted by atomic mass is 16.3. The molecule has 9 aromatic carbocycles. The minimum Gasteiger partial charge on any atom is -0.455 e. The Morgan fingerprint density at radius 1 is 0.328 bits per heavy atom. The number of nitrogens with zero attached hydrogens (tertiary/aromatic N) is 2. The van der Waals surface area contributed by atoms with E-state index in [1.807, 2.05) is 0 Å². The lowest BCUT2D eigenvalue weighted by Gasteiger charge is -2.38. The lowest BCUT2D eigenvalue weighted by atomic mass is 9.63. The number of rotatable bonds is 4. The van der Waals surface area contributed by atoms with Gasteiger partial charge in [-0.3, -0.25) is 0 Å². The zero-order valence-electron chi connectivity index (χ0n) is 31.4. The third kappa shape index (κ3) is 3.97. The smallest absolute Gasteiger partial charge is 0.146 e. The van der Waals surface area contributed by atoms with Crippen molar-refractivity contribution in [2.45, 2.75) is 5.41 Å². The summed E-state index contributed by atoms with van der Waals surface area (Å²) in [4.78, 5) is 0. The fourth-order valence-electron chi connectivity index (χ4n) is 10.6. The van der Waals surface area contributed by atoms with E-state index in [0.717, 1.165) is 66.2 Å². The number of hydrogen-bond donors (Lipinski definition) is 0. The van der Waals surface area contributed by atoms with Gasteiger partial charge in [0.15, 0.2) is 0 Å². The molecule has 3 aromatic heterocycles. The standard InChI is InChI=1S/C55H34N2O/c1-5-19-35(20-6-1)55(36-21-7-2-8-22-36)43-30-16-13-27-39(43)42-33-47-49(40-28-14-17-31-45(40)56(47)37-23-9-3-10-24-37)53-51(42)52-44(55)34-48-50(54(52)58-53)41-29-15-18-32-46(41)57(48)38-25-11-4-12-26-38/h1-34H. The highest BCUT2D eigenvalue weighted by Crippen LogP contribution is 2.59. The molecule has 0 unspecified atom stereocenters. The van der Waals surface area contributed by atoms with Gasteiger partial charge in [0.25, 0.3) is 0 Å². The average Bonchev–Trinajstić information content (AvgIpc) is 3.94. The van der Waals surface area contributed by atoms with Gasteiger partial charge in [0.1, 0.15) is 11.2 Å². The van der Waals surface area contributed by atoms with Crippen LogP contribution >= 0.6 is 0 Å². The van der Waals surface area contributed by atoms with Crippen molar-refractivity contribution in [3.8, 4) is 22.5 Å². The monoisotopic (exact) mass is 738 g/mol. The van der Waals surface area contributed by atoms with E-state index in [-0.39, 0.29) is 0 Å². The largest absolute Gasteiger partial charge is 0.455 e. The fourth-order valence-corrected chi connectivity index (χ4v) is 10.6. The Morgan fingerprint density at radius 3 is 1.34 bits per heavy atom. The summed E-state index contributed by atoms with van der Waals surface area (Å²) in [6, 6.07) is 75.4. The van der Waals surface area contributed by atoms with Gasteiger partial charge in [-0.2, -0.15) is 0 Å². The molecule has 0 spiro atoms. The SMILES string of the molecule is c1ccc(-n2c3ccccc3c3c4oc5c6c(cc7c5c5ccccc5n7-c5ccccc5)C(c5ccccc5)(c5ccccc5)c5ccccc5-c(cc32)c46)cc1. The topological polar surface area (TPSA) is 23.0 Å². The predicted molar refractivity (Wildman–Crippen MR) is 240 cm³/mol. The van der Waals surface area contributed by atoms with Gasteiger partial charge < -0.3 is 13.6 Å². The van der Waals surface area contributed by atoms with E-state index >= 15 is 0 Å². The van der Waals surface area contributed by atoms with E-state index in [1.54, 1.807) is 0 Å². The summed E-state index contributed by atoms with van der Waals surface area (Å²) in [7, 11) is 0. The molecule has 0 saturated carbocycles. The molecule has 0 bridgehead atoms. The second kappa shape index (κ2) is 11.7. The summed E-state index contributed by atoms with van der Waals surface area (Å²) in [6.45, 7) is 0. The second-order valence-electron chi connectivity index (χ2n) is 15.6. The van der Waals surface area contributed by atoms with Crippen molar-refractivity contribution in [3.05, 3.63) is 229 Å². The zero-order chi connectivity index (χ0) is 38.0. The van der Waals surface area contributed by atoms with Crippen molar-refractivity contribution >= 4 is 65.6 Å². The number of para-hydroxylation sites is 4. The molecular formula is C55H34N2O. The first kappa shape index (κ1) is 31.6. The third-order valence-corrected chi connectivity index (χ3v) is 12.8. The summed E-state index contributed by atoms with van der Waals surface area (Å²) in [5.74, 6) is 0. The number of aromatic nitrogens is 2. The van der Waals surface area contributed by atoms with Crippen molar-refractivity contribution in [2.24, 2.45) is 0 Å². The molecule has 0 fully saturated rings. The molecule has 1 aliphatic carbocycles. The van der Waals surface area contributed by atoms with Crippen LogP contribution in [0.1, 0.15) is 22.3 Å². The van der Waals surface area contributed by atoms with Crippen molar-refractivity contribution in [2.75, 3.05) is 0 Å². The van der Waals surface area contributed by atoms with Crippen LogP contribution in [0.3, 0.4) is 0 Å². The van der Waals surface area contributed by atoms with Gasteiger partial charge in [-0.15, -0.1) is 0 Å². The normalized spacial score (nSPS) is 13.3. The van der Waals surface area contributed by atoms with Gasteiger partial charge in [0, 0.05) is 32.9 Å². The summed E-state index contributed by atoms with van der Waals surface area (Å²) < 4.78 is 12.6. The number of benzene rings is 9. The highest BCUT2D eigenvalue weighted by Gasteiger charge is 2.45. The van der Waals surface area contributed by atoms with Crippen LogP contribution in [0.4, 0.5) is 0 Å². The van der Waals surface area contributed by atoms with Crippen molar-refractivity contribution in [3.63, 3.8) is 0 Å². The van der Waals surface area contributed by atoms with Crippen LogP contribution < -0.4 is 0 Å². The molecule has 0 radical (unpaired) electrons. The lowest BCUT2D eigenvalue weighted by Crippen LogP contribution is -2.31. The minimum absolute atomic E-state index is 0.708. The van der Waals surface area contributed by atoms with Crippen LogP contribution in [0.2, 0.25) is 0 Å². The van der Waals surface area contributed by atoms with E-state index < -0.39 is 5.41 Å². The maximum atomic E-state index is 7.70. The molecular weight excluding hydrogens is 705 g/mol. The Labute approximate surface area is 334 Å². The van der Waals surface area contributed by atoms with Crippen LogP contribution in [-0.2, 0) is 5.41 Å². The van der Waals surface area contributed by atoms with Crippen LogP contribution in [0.15, 0.2) is 211 Å². The molecule has 12 aromatic rings. The molecule has 0 N–H and O–H groups in total. The maximum absolute atomic E-state index is 7.70. The number of hydrogen-bond acceptors (Lipinski definition) is 1. The van der Waals surface area contributed by atoms with Gasteiger partial charge in [-0.1, -0.05) is 158 Å². The Morgan fingerprint density at radius 2 is 0.776 bits per heavy atom. The van der Waals surface area contributed by atoms with Gasteiger partial charge in [0.05, 0.1) is 38.3 Å². The maximum Gasteiger partial charge on any atom is 0.146 e. The number of furan rings is 1. The predicted octanol–water partition coefficient (Wildman–Crippen LogP) is 14.1. The molecule has 270 valence electrons. The van der Waals surface area contributed by atoms with E-state index in [1.165, 1.54) is 44.2 Å². The van der Waals surface area contributed by atoms with Gasteiger partial charge in [-0.25, -0.2) is 0 Å². The Bertz CT molecular complexity index is 3550. The minimum atomic E-state index is -0.708. The Kier molecular flexibility index (Phi) is 6.37. The molecule has 13 rings (SSSR count). The van der Waals surface area contributed by atoms with Gasteiger partial charge in [0.2, 0.25) is 0 Å². The summed E-state index contributed by atoms with van der Waals surface area (Å²) >= 11 is 0.